The molecule has 0 bridgehead atoms. The van der Waals surface area contributed by atoms with Gasteiger partial charge in [0, 0.05) is 18.5 Å². The Morgan fingerprint density at radius 2 is 1.42 bits per heavy atom. The molecule has 0 saturated carbocycles. The predicted molar refractivity (Wildman–Crippen MR) is 182 cm³/mol. The quantitative estimate of drug-likeness (QED) is 0.107. The summed E-state index contributed by atoms with van der Waals surface area (Å²) in [4.78, 5) is 60.6. The molecule has 1 rings (SSSR count). The zero-order valence-corrected chi connectivity index (χ0v) is 30.2. The molecular formula is C32H54N5O10P. The van der Waals surface area contributed by atoms with Crippen LogP contribution in [0.1, 0.15) is 80.2 Å². The second kappa shape index (κ2) is 22.6. The van der Waals surface area contributed by atoms with Crippen molar-refractivity contribution in [2.45, 2.75) is 99.2 Å². The van der Waals surface area contributed by atoms with Crippen LogP contribution in [0.3, 0.4) is 0 Å². The Balaban J connectivity index is 0.00000409. The molecule has 1 aromatic carbocycles. The third-order valence-corrected chi connectivity index (χ3v) is 8.15. The highest BCUT2D eigenvalue weighted by Gasteiger charge is 2.31. The van der Waals surface area contributed by atoms with Gasteiger partial charge in [-0.3, -0.25) is 23.4 Å². The molecule has 0 saturated heterocycles. The molecule has 1 aromatic rings. The fourth-order valence-electron chi connectivity index (χ4n) is 3.96. The Labute approximate surface area is 283 Å². The molecule has 48 heavy (non-hydrogen) atoms. The number of carboxylic acids is 1. The van der Waals surface area contributed by atoms with Gasteiger partial charge >= 0.3 is 19.8 Å². The van der Waals surface area contributed by atoms with E-state index in [-0.39, 0.29) is 49.5 Å². The van der Waals surface area contributed by atoms with Crippen molar-refractivity contribution in [2.75, 3.05) is 13.2 Å². The lowest BCUT2D eigenvalue weighted by atomic mass is 9.97. The van der Waals surface area contributed by atoms with Crippen molar-refractivity contribution in [3.05, 3.63) is 42.1 Å². The van der Waals surface area contributed by atoms with Gasteiger partial charge in [0.15, 0.2) is 0 Å². The minimum absolute atomic E-state index is 0.00916. The number of benzene rings is 1. The van der Waals surface area contributed by atoms with E-state index < -0.39 is 49.8 Å². The minimum Gasteiger partial charge on any atom is -0.480 e. The fraction of sp³-hybridized carbons (Fsp3) is 0.594. The Morgan fingerprint density at radius 1 is 0.896 bits per heavy atom. The number of hydrogen-bond donors (Lipinski definition) is 6. The number of hydrogen-bond acceptors (Lipinski definition) is 9. The molecule has 4 atom stereocenters. The van der Waals surface area contributed by atoms with E-state index in [4.69, 9.17) is 13.6 Å². The maximum Gasteiger partial charge on any atom is 0.530 e. The van der Waals surface area contributed by atoms with E-state index in [1.165, 1.54) is 12.1 Å². The molecule has 0 aliphatic carbocycles. The van der Waals surface area contributed by atoms with Gasteiger partial charge in [-0.2, -0.15) is 0 Å². The normalized spacial score (nSPS) is 13.4. The van der Waals surface area contributed by atoms with E-state index in [9.17, 15) is 33.6 Å². The van der Waals surface area contributed by atoms with Gasteiger partial charge in [0.2, 0.25) is 17.7 Å². The first-order chi connectivity index (χ1) is 22.4. The van der Waals surface area contributed by atoms with Gasteiger partial charge in [-0.15, -0.1) is 0 Å². The van der Waals surface area contributed by atoms with Crippen LogP contribution in [0.25, 0.3) is 0 Å². The second-order valence-corrected chi connectivity index (χ2v) is 13.0. The number of nitrogens with one attached hydrogen (secondary N) is 4. The molecule has 16 heteroatoms. The molecule has 4 unspecified atom stereocenters. The molecule has 7 N–H and O–H groups in total. The number of allylic oxidation sites excluding steroid dienone is 1. The molecule has 0 aliphatic heterocycles. The number of amides is 5. The summed E-state index contributed by atoms with van der Waals surface area (Å²) >= 11 is 0. The predicted octanol–water partition coefficient (Wildman–Crippen LogP) is 4.02. The number of carboxylic acid groups (broad SMARTS) is 1. The minimum atomic E-state index is -3.82. The summed E-state index contributed by atoms with van der Waals surface area (Å²) in [5, 5.41) is 19.9. The fourth-order valence-corrected chi connectivity index (χ4v) is 5.15. The summed E-state index contributed by atoms with van der Waals surface area (Å²) in [5.41, 5.74) is 5.64. The summed E-state index contributed by atoms with van der Waals surface area (Å²) in [5.74, 6) is -2.60. The number of urea groups is 1. The van der Waals surface area contributed by atoms with Crippen LogP contribution in [0.5, 0.6) is 5.75 Å². The van der Waals surface area contributed by atoms with Gasteiger partial charge in [0.1, 0.15) is 23.9 Å². The Kier molecular flexibility index (Phi) is 20.7. The number of primary amides is 1. The lowest BCUT2D eigenvalue weighted by molar-refractivity contribution is -0.139. The number of phosphoric ester groups is 1. The maximum absolute atomic E-state index is 13.5. The first kappa shape index (κ1) is 44.1. The summed E-state index contributed by atoms with van der Waals surface area (Å²) in [6, 6.07) is 2.11. The van der Waals surface area contributed by atoms with Crippen molar-refractivity contribution in [3.63, 3.8) is 0 Å². The number of aliphatic carboxylic acids is 1. The molecule has 0 spiro atoms. The highest BCUT2D eigenvalue weighted by atomic mass is 31.2. The molecule has 5 amide bonds. The van der Waals surface area contributed by atoms with E-state index in [0.29, 0.717) is 24.1 Å². The lowest BCUT2D eigenvalue weighted by Gasteiger charge is -2.27. The van der Waals surface area contributed by atoms with Crippen molar-refractivity contribution >= 4 is 37.5 Å². The lowest BCUT2D eigenvalue weighted by Crippen LogP contribution is -2.58. The molecule has 0 aliphatic rings. The first-order valence-electron chi connectivity index (χ1n) is 15.9. The van der Waals surface area contributed by atoms with Crippen LogP contribution in [0.2, 0.25) is 0 Å². The zero-order valence-electron chi connectivity index (χ0n) is 29.3. The Morgan fingerprint density at radius 3 is 1.83 bits per heavy atom. The highest BCUT2D eigenvalue weighted by Crippen LogP contribution is 2.49. The third-order valence-electron chi connectivity index (χ3n) is 6.57. The van der Waals surface area contributed by atoms with Crippen LogP contribution >= 0.6 is 7.82 Å². The van der Waals surface area contributed by atoms with Crippen molar-refractivity contribution in [1.82, 2.24) is 21.3 Å². The van der Waals surface area contributed by atoms with Gasteiger partial charge in [0.25, 0.3) is 0 Å². The number of nitrogens with two attached hydrogens (primary N) is 1. The van der Waals surface area contributed by atoms with Crippen LogP contribution in [0.15, 0.2) is 36.5 Å². The van der Waals surface area contributed by atoms with Gasteiger partial charge in [-0.1, -0.05) is 59.8 Å². The van der Waals surface area contributed by atoms with Crippen molar-refractivity contribution < 1.29 is 47.2 Å². The van der Waals surface area contributed by atoms with Gasteiger partial charge in [-0.05, 0) is 56.7 Å². The van der Waals surface area contributed by atoms with Crippen LogP contribution in [-0.2, 0) is 39.2 Å². The summed E-state index contributed by atoms with van der Waals surface area (Å²) in [6.07, 6.45) is 1.19. The molecule has 272 valence electrons. The topological polar surface area (TPSA) is 224 Å². The van der Waals surface area contributed by atoms with Gasteiger partial charge in [0.05, 0.1) is 13.2 Å². The molecule has 0 heterocycles. The van der Waals surface area contributed by atoms with E-state index >= 15 is 0 Å². The smallest absolute Gasteiger partial charge is 0.480 e. The third kappa shape index (κ3) is 17.8. The largest absolute Gasteiger partial charge is 0.530 e. The van der Waals surface area contributed by atoms with E-state index in [1.807, 2.05) is 27.7 Å². The Bertz CT molecular complexity index is 1250. The van der Waals surface area contributed by atoms with Crippen molar-refractivity contribution in [3.8, 4) is 5.75 Å². The monoisotopic (exact) mass is 699 g/mol. The number of carbonyl (C=O) groups is 5. The average molecular weight is 700 g/mol. The molecule has 0 radical (unpaired) electrons. The standard InChI is InChI=1S/C29H47N4O9P.C3H7NO/c1-9-20(8)25(27(35)30-19(6)7)33-26(34)23(31-29(38)32-24(28(36)37)16-18(4)5)17-21-12-14-22(15-13-21)42-43(39,40-10-2)41-11-3;1-2-3(4)5/h12-15,18,20,23-25H,6,9-11,16-17H2,1-5,7-8H3,(H,30,35)(H,33,34)(H,36,37)(H2,31,32,38);2H2,1H3,(H2,4,5). The maximum atomic E-state index is 13.5. The molecule has 15 nitrogen and oxygen atoms in total. The zero-order chi connectivity index (χ0) is 37.0. The SMILES string of the molecule is C=C(C)NC(=O)C(NC(=O)C(Cc1ccc(OP(=O)(OCC)OCC)cc1)NC(=O)NC(CC(C)C)C(=O)O)C(C)CC.CCC(N)=O. The number of rotatable bonds is 20. The van der Waals surface area contributed by atoms with Crippen LogP contribution in [0, 0.1) is 11.8 Å². The molecule has 0 fully saturated rings. The van der Waals surface area contributed by atoms with Crippen LogP contribution in [-0.4, -0.2) is 66.2 Å². The molecule has 0 aromatic heterocycles. The highest BCUT2D eigenvalue weighted by molar-refractivity contribution is 7.48. The van der Waals surface area contributed by atoms with Crippen molar-refractivity contribution in [2.24, 2.45) is 17.6 Å². The van der Waals surface area contributed by atoms with E-state index in [1.54, 1.807) is 39.8 Å². The van der Waals surface area contributed by atoms with Gasteiger partial charge < -0.3 is 36.6 Å². The Hall–Kier alpha value is -3.94. The van der Waals surface area contributed by atoms with E-state index in [0.717, 1.165) is 0 Å². The van der Waals surface area contributed by atoms with E-state index in [2.05, 4.69) is 33.6 Å². The van der Waals surface area contributed by atoms with Crippen LogP contribution < -0.4 is 31.5 Å². The summed E-state index contributed by atoms with van der Waals surface area (Å²) in [6.45, 7) is 17.9. The van der Waals surface area contributed by atoms with Gasteiger partial charge in [-0.25, -0.2) is 14.2 Å². The van der Waals surface area contributed by atoms with Crippen LogP contribution in [0.4, 0.5) is 4.79 Å². The second-order valence-electron chi connectivity index (χ2n) is 11.4. The summed E-state index contributed by atoms with van der Waals surface area (Å²) < 4.78 is 28.5. The number of carbonyl (C=O) groups excluding carboxylic acids is 4. The van der Waals surface area contributed by atoms with Crippen molar-refractivity contribution in [1.29, 1.82) is 0 Å². The molecular weight excluding hydrogens is 645 g/mol. The first-order valence-corrected chi connectivity index (χ1v) is 17.4. The average Bonchev–Trinajstić information content (AvgIpc) is 2.99. The summed E-state index contributed by atoms with van der Waals surface area (Å²) in [7, 11) is -3.82. The number of phosphoric acid groups is 1.